The van der Waals surface area contributed by atoms with Crippen LogP contribution in [0, 0.1) is 0 Å². The molecule has 2 fully saturated rings. The van der Waals surface area contributed by atoms with Gasteiger partial charge in [0.1, 0.15) is 0 Å². The summed E-state index contributed by atoms with van der Waals surface area (Å²) in [5, 5.41) is 10.6. The van der Waals surface area contributed by atoms with Gasteiger partial charge in [0, 0.05) is 31.2 Å². The number of amides is 1. The molecular formula is C20H27N5O5S. The van der Waals surface area contributed by atoms with Crippen LogP contribution in [0.5, 0.6) is 0 Å². The van der Waals surface area contributed by atoms with Crippen LogP contribution in [0.2, 0.25) is 0 Å². The van der Waals surface area contributed by atoms with E-state index in [-0.39, 0.29) is 16.7 Å². The molecule has 1 atom stereocenters. The summed E-state index contributed by atoms with van der Waals surface area (Å²) in [7, 11) is -3.57. The zero-order valence-corrected chi connectivity index (χ0v) is 18.3. The molecule has 0 spiro atoms. The van der Waals surface area contributed by atoms with Gasteiger partial charge < -0.3 is 14.5 Å². The lowest BCUT2D eigenvalue weighted by atomic mass is 10.2. The Labute approximate surface area is 181 Å². The second-order valence-corrected chi connectivity index (χ2v) is 9.53. The SMILES string of the molecule is CCN1CCC[C@@H]1CNC(=O)c1nnc(-c2ccc(S(=O)(=O)N3CCOCC3)cc2)o1. The lowest BCUT2D eigenvalue weighted by molar-refractivity contribution is 0.0730. The minimum Gasteiger partial charge on any atom is -0.412 e. The van der Waals surface area contributed by atoms with Crippen molar-refractivity contribution in [1.29, 1.82) is 0 Å². The number of benzene rings is 1. The number of nitrogens with one attached hydrogen (secondary N) is 1. The molecule has 31 heavy (non-hydrogen) atoms. The van der Waals surface area contributed by atoms with Crippen LogP contribution in [0.15, 0.2) is 33.6 Å². The molecule has 2 aromatic rings. The van der Waals surface area contributed by atoms with Crippen LogP contribution in [0.4, 0.5) is 0 Å². The normalized spacial score (nSPS) is 20.7. The first kappa shape index (κ1) is 21.9. The van der Waals surface area contributed by atoms with Crippen molar-refractivity contribution < 1.29 is 22.4 Å². The molecule has 4 rings (SSSR count). The van der Waals surface area contributed by atoms with Crippen LogP contribution in [0.25, 0.3) is 11.5 Å². The van der Waals surface area contributed by atoms with Gasteiger partial charge in [-0.2, -0.15) is 4.31 Å². The molecule has 3 heterocycles. The number of aromatic nitrogens is 2. The molecule has 1 aromatic carbocycles. The molecule has 11 heteroatoms. The maximum absolute atomic E-state index is 12.7. The molecule has 10 nitrogen and oxygen atoms in total. The Morgan fingerprint density at radius 2 is 1.90 bits per heavy atom. The van der Waals surface area contributed by atoms with E-state index in [2.05, 4.69) is 27.3 Å². The molecule has 0 bridgehead atoms. The summed E-state index contributed by atoms with van der Waals surface area (Å²) in [6, 6.07) is 6.53. The van der Waals surface area contributed by atoms with Crippen molar-refractivity contribution in [2.45, 2.75) is 30.7 Å². The number of carbonyl (C=O) groups is 1. The summed E-state index contributed by atoms with van der Waals surface area (Å²) in [6.45, 7) is 6.12. The zero-order chi connectivity index (χ0) is 21.8. The fourth-order valence-corrected chi connectivity index (χ4v) is 5.37. The molecule has 0 saturated carbocycles. The molecule has 1 N–H and O–H groups in total. The fraction of sp³-hybridized carbons (Fsp3) is 0.550. The van der Waals surface area contributed by atoms with E-state index in [0.717, 1.165) is 25.9 Å². The first-order valence-corrected chi connectivity index (χ1v) is 12.0. The molecule has 168 valence electrons. The maximum atomic E-state index is 12.7. The van der Waals surface area contributed by atoms with Gasteiger partial charge in [-0.15, -0.1) is 10.2 Å². The molecule has 2 aliphatic rings. The van der Waals surface area contributed by atoms with Crippen molar-refractivity contribution in [2.24, 2.45) is 0 Å². The van der Waals surface area contributed by atoms with Crippen molar-refractivity contribution in [2.75, 3.05) is 45.9 Å². The molecule has 1 aromatic heterocycles. The van der Waals surface area contributed by atoms with E-state index in [9.17, 15) is 13.2 Å². The number of nitrogens with zero attached hydrogens (tertiary/aromatic N) is 4. The van der Waals surface area contributed by atoms with Crippen molar-refractivity contribution in [1.82, 2.24) is 24.7 Å². The summed E-state index contributed by atoms with van der Waals surface area (Å²) in [6.07, 6.45) is 2.19. The highest BCUT2D eigenvalue weighted by Crippen LogP contribution is 2.23. The monoisotopic (exact) mass is 449 g/mol. The van der Waals surface area contributed by atoms with Gasteiger partial charge in [0.25, 0.3) is 0 Å². The topological polar surface area (TPSA) is 118 Å². The summed E-state index contributed by atoms with van der Waals surface area (Å²) >= 11 is 0. The van der Waals surface area contributed by atoms with Crippen molar-refractivity contribution in [3.8, 4) is 11.5 Å². The van der Waals surface area contributed by atoms with Crippen LogP contribution >= 0.6 is 0 Å². The van der Waals surface area contributed by atoms with Gasteiger partial charge in [0.05, 0.1) is 18.1 Å². The number of hydrogen-bond donors (Lipinski definition) is 1. The molecule has 0 radical (unpaired) electrons. The van der Waals surface area contributed by atoms with E-state index in [1.165, 1.54) is 16.4 Å². The standard InChI is InChI=1S/C20H27N5O5S/c1-2-24-9-3-4-16(24)14-21-18(26)20-23-22-19(30-20)15-5-7-17(8-6-15)31(27,28)25-10-12-29-13-11-25/h5-8,16H,2-4,9-14H2,1H3,(H,21,26)/t16-/m1/s1. The Balaban J connectivity index is 1.40. The lowest BCUT2D eigenvalue weighted by Crippen LogP contribution is -2.40. The van der Waals surface area contributed by atoms with Gasteiger partial charge in [0.15, 0.2) is 0 Å². The summed E-state index contributed by atoms with van der Waals surface area (Å²) in [5.41, 5.74) is 0.542. The van der Waals surface area contributed by atoms with Crippen LogP contribution in [-0.4, -0.2) is 85.7 Å². The molecule has 0 aliphatic carbocycles. The third kappa shape index (κ3) is 4.79. The van der Waals surface area contributed by atoms with Gasteiger partial charge in [0.2, 0.25) is 15.9 Å². The van der Waals surface area contributed by atoms with E-state index in [4.69, 9.17) is 9.15 Å². The number of likely N-dealkylation sites (tertiary alicyclic amines) is 1. The van der Waals surface area contributed by atoms with Crippen LogP contribution in [0.1, 0.15) is 30.5 Å². The van der Waals surface area contributed by atoms with Crippen LogP contribution in [-0.2, 0) is 14.8 Å². The number of rotatable bonds is 7. The first-order valence-electron chi connectivity index (χ1n) is 10.5. The number of likely N-dealkylation sites (N-methyl/N-ethyl adjacent to an activating group) is 1. The van der Waals surface area contributed by atoms with Gasteiger partial charge in [-0.1, -0.05) is 6.92 Å². The van der Waals surface area contributed by atoms with Crippen molar-refractivity contribution in [3.63, 3.8) is 0 Å². The molecule has 1 amide bonds. The molecule has 2 aliphatic heterocycles. The third-order valence-corrected chi connectivity index (χ3v) is 7.64. The second kappa shape index (κ2) is 9.43. The zero-order valence-electron chi connectivity index (χ0n) is 17.5. The average Bonchev–Trinajstić information content (AvgIpc) is 3.48. The fourth-order valence-electron chi connectivity index (χ4n) is 3.97. The van der Waals surface area contributed by atoms with Gasteiger partial charge in [-0.05, 0) is 50.2 Å². The molecular weight excluding hydrogens is 422 g/mol. The highest BCUT2D eigenvalue weighted by Gasteiger charge is 2.27. The highest BCUT2D eigenvalue weighted by atomic mass is 32.2. The quantitative estimate of drug-likeness (QED) is 0.664. The first-order chi connectivity index (χ1) is 15.0. The Bertz CT molecular complexity index is 1000. The van der Waals surface area contributed by atoms with E-state index in [1.54, 1.807) is 12.1 Å². The van der Waals surface area contributed by atoms with Crippen molar-refractivity contribution in [3.05, 3.63) is 30.2 Å². The maximum Gasteiger partial charge on any atom is 0.308 e. The smallest absolute Gasteiger partial charge is 0.308 e. The Kier molecular flexibility index (Phi) is 6.65. The molecule has 0 unspecified atom stereocenters. The predicted octanol–water partition coefficient (Wildman–Crippen LogP) is 0.972. The van der Waals surface area contributed by atoms with E-state index in [1.807, 2.05) is 0 Å². The largest absolute Gasteiger partial charge is 0.412 e. The Hall–Kier alpha value is -2.34. The average molecular weight is 450 g/mol. The van der Waals surface area contributed by atoms with Crippen LogP contribution in [0.3, 0.4) is 0 Å². The number of carbonyl (C=O) groups excluding carboxylic acids is 1. The highest BCUT2D eigenvalue weighted by molar-refractivity contribution is 7.89. The van der Waals surface area contributed by atoms with Gasteiger partial charge in [-0.25, -0.2) is 8.42 Å². The van der Waals surface area contributed by atoms with Gasteiger partial charge >= 0.3 is 11.8 Å². The minimum atomic E-state index is -3.57. The van der Waals surface area contributed by atoms with Crippen molar-refractivity contribution >= 4 is 15.9 Å². The van der Waals surface area contributed by atoms with E-state index >= 15 is 0 Å². The lowest BCUT2D eigenvalue weighted by Gasteiger charge is -2.26. The Morgan fingerprint density at radius 1 is 1.16 bits per heavy atom. The number of morpholine rings is 1. The summed E-state index contributed by atoms with van der Waals surface area (Å²) < 4.78 is 37.6. The number of hydrogen-bond acceptors (Lipinski definition) is 8. The van der Waals surface area contributed by atoms with E-state index < -0.39 is 15.9 Å². The minimum absolute atomic E-state index is 0.110. The summed E-state index contributed by atoms with van der Waals surface area (Å²) in [5.74, 6) is -0.356. The van der Waals surface area contributed by atoms with Gasteiger partial charge in [-0.3, -0.25) is 9.69 Å². The Morgan fingerprint density at radius 3 is 2.61 bits per heavy atom. The predicted molar refractivity (Wildman–Crippen MR) is 112 cm³/mol. The number of sulfonamides is 1. The third-order valence-electron chi connectivity index (χ3n) is 5.73. The molecule has 2 saturated heterocycles. The summed E-state index contributed by atoms with van der Waals surface area (Å²) in [4.78, 5) is 14.9. The van der Waals surface area contributed by atoms with E-state index in [0.29, 0.717) is 44.5 Å². The van der Waals surface area contributed by atoms with Crippen LogP contribution < -0.4 is 5.32 Å². The second-order valence-electron chi connectivity index (χ2n) is 7.59. The number of ether oxygens (including phenoxy) is 1.